The van der Waals surface area contributed by atoms with Crippen LogP contribution in [-0.4, -0.2) is 61.0 Å². The molecule has 1 aromatic carbocycles. The van der Waals surface area contributed by atoms with Gasteiger partial charge in [0.1, 0.15) is 6.10 Å². The number of H-pyrrole nitrogens is 1. The van der Waals surface area contributed by atoms with Gasteiger partial charge in [0.2, 0.25) is 0 Å². The molecule has 1 saturated heterocycles. The van der Waals surface area contributed by atoms with Gasteiger partial charge in [0, 0.05) is 24.0 Å². The summed E-state index contributed by atoms with van der Waals surface area (Å²) in [5.74, 6) is -0.260. The van der Waals surface area contributed by atoms with Crippen LogP contribution < -0.4 is 21.1 Å². The lowest BCUT2D eigenvalue weighted by Gasteiger charge is -2.17. The molecule has 2 aromatic heterocycles. The van der Waals surface area contributed by atoms with Crippen molar-refractivity contribution in [3.63, 3.8) is 0 Å². The third-order valence-corrected chi connectivity index (χ3v) is 7.34. The Balaban J connectivity index is 1.43. The number of benzene rings is 1. The molecule has 2 amide bonds. The third kappa shape index (κ3) is 6.58. The molecule has 1 atom stereocenters. The number of halogens is 1. The summed E-state index contributed by atoms with van der Waals surface area (Å²) in [5.41, 5.74) is 3.95. The van der Waals surface area contributed by atoms with Gasteiger partial charge in [-0.05, 0) is 73.3 Å². The van der Waals surface area contributed by atoms with Gasteiger partial charge in [0.25, 0.3) is 11.5 Å². The first-order chi connectivity index (χ1) is 17.9. The third-order valence-electron chi connectivity index (χ3n) is 6.11. The highest BCUT2D eigenvalue weighted by atomic mass is 35.5. The average molecular weight is 545 g/mol. The van der Waals surface area contributed by atoms with Crippen molar-refractivity contribution in [1.82, 2.24) is 15.6 Å². The fourth-order valence-electron chi connectivity index (χ4n) is 4.29. The molecular weight excluding hydrogens is 516 g/mol. The van der Waals surface area contributed by atoms with Crippen LogP contribution in [0.3, 0.4) is 0 Å². The van der Waals surface area contributed by atoms with Crippen LogP contribution in [0, 0.1) is 6.92 Å². The van der Waals surface area contributed by atoms with Gasteiger partial charge in [-0.2, -0.15) is 0 Å². The Labute approximate surface area is 223 Å². The van der Waals surface area contributed by atoms with Gasteiger partial charge in [0.15, 0.2) is 0 Å². The first-order valence-electron chi connectivity index (χ1n) is 12.0. The van der Waals surface area contributed by atoms with Crippen molar-refractivity contribution in [3.05, 3.63) is 73.3 Å². The van der Waals surface area contributed by atoms with E-state index in [0.29, 0.717) is 46.5 Å². The number of aryl methyl sites for hydroxylation is 1. The number of hydrogen-bond acceptors (Lipinski definition) is 7. The van der Waals surface area contributed by atoms with Gasteiger partial charge >= 0.3 is 6.09 Å². The van der Waals surface area contributed by atoms with E-state index < -0.39 is 12.2 Å². The first kappa shape index (κ1) is 26.9. The average Bonchev–Trinajstić information content (AvgIpc) is 3.48. The van der Waals surface area contributed by atoms with Crippen molar-refractivity contribution in [2.75, 3.05) is 37.7 Å². The summed E-state index contributed by atoms with van der Waals surface area (Å²) in [7, 11) is 0. The smallest absolute Gasteiger partial charge is 0.414 e. The number of hydrogen-bond donors (Lipinski definition) is 4. The van der Waals surface area contributed by atoms with Crippen molar-refractivity contribution in [2.45, 2.75) is 25.9 Å². The zero-order chi connectivity index (χ0) is 26.4. The summed E-state index contributed by atoms with van der Waals surface area (Å²) >= 11 is 7.08. The number of carbonyl (C=O) groups is 2. The van der Waals surface area contributed by atoms with Gasteiger partial charge in [0.05, 0.1) is 28.9 Å². The summed E-state index contributed by atoms with van der Waals surface area (Å²) < 4.78 is 6.00. The van der Waals surface area contributed by atoms with E-state index in [9.17, 15) is 14.4 Å². The highest BCUT2D eigenvalue weighted by Gasteiger charge is 2.33. The van der Waals surface area contributed by atoms with Crippen molar-refractivity contribution in [1.29, 1.82) is 0 Å². The number of anilines is 1. The molecule has 37 heavy (non-hydrogen) atoms. The summed E-state index contributed by atoms with van der Waals surface area (Å²) in [6, 6.07) is 10.9. The number of aliphatic hydroxyl groups is 1. The second-order valence-corrected chi connectivity index (χ2v) is 10.4. The highest BCUT2D eigenvalue weighted by Crippen LogP contribution is 2.31. The number of ether oxygens (including phenoxy) is 1. The fourth-order valence-corrected chi connectivity index (χ4v) is 5.25. The van der Waals surface area contributed by atoms with Gasteiger partial charge in [-0.3, -0.25) is 14.5 Å². The molecule has 0 bridgehead atoms. The Hall–Kier alpha value is -3.18. The number of rotatable bonds is 11. The van der Waals surface area contributed by atoms with Gasteiger partial charge in [-0.15, -0.1) is 11.3 Å². The number of amides is 2. The Bertz CT molecular complexity index is 1320. The lowest BCUT2D eigenvalue weighted by atomic mass is 9.94. The summed E-state index contributed by atoms with van der Waals surface area (Å²) in [5, 5.41) is 14.8. The molecule has 11 heteroatoms. The first-order valence-corrected chi connectivity index (χ1v) is 13.2. The molecular formula is C26H29ClN4O5S. The van der Waals surface area contributed by atoms with E-state index in [1.165, 1.54) is 11.3 Å². The minimum atomic E-state index is -0.481. The standard InChI is InChI=1S/C26H29ClN4O5S/c1-16-13-17(31-15-18(36-26(31)35)14-30-25(34)22-6-7-23(27)37-22)4-5-19(16)20-8-10-29-24(33)21(20)3-2-9-28-11-12-32/h4-8,10,13,18,28,32H,2-3,9,11-12,14-15H2,1H3,(H,29,33)(H,30,34)/t18-/m0/s1. The van der Waals surface area contributed by atoms with Crippen LogP contribution in [0.4, 0.5) is 10.5 Å². The molecule has 196 valence electrons. The number of aliphatic hydroxyl groups excluding tert-OH is 1. The number of aromatic nitrogens is 1. The number of thiophene rings is 1. The van der Waals surface area contributed by atoms with E-state index in [1.807, 2.05) is 31.2 Å². The summed E-state index contributed by atoms with van der Waals surface area (Å²) in [6.07, 6.45) is 2.03. The van der Waals surface area contributed by atoms with E-state index in [4.69, 9.17) is 21.4 Å². The maximum atomic E-state index is 12.6. The lowest BCUT2D eigenvalue weighted by Crippen LogP contribution is -2.34. The Kier molecular flexibility index (Phi) is 8.99. The molecule has 4 N–H and O–H groups in total. The molecule has 3 heterocycles. The predicted octanol–water partition coefficient (Wildman–Crippen LogP) is 3.33. The van der Waals surface area contributed by atoms with Crippen LogP contribution in [0.15, 0.2) is 47.4 Å². The minimum absolute atomic E-state index is 0.0765. The second kappa shape index (κ2) is 12.4. The summed E-state index contributed by atoms with van der Waals surface area (Å²) in [4.78, 5) is 42.2. The second-order valence-electron chi connectivity index (χ2n) is 8.71. The number of carbonyl (C=O) groups excluding carboxylic acids is 2. The maximum Gasteiger partial charge on any atom is 0.414 e. The molecule has 1 aliphatic rings. The molecule has 0 aliphatic carbocycles. The zero-order valence-electron chi connectivity index (χ0n) is 20.4. The van der Waals surface area contributed by atoms with Crippen LogP contribution in [0.25, 0.3) is 11.1 Å². The molecule has 9 nitrogen and oxygen atoms in total. The molecule has 0 radical (unpaired) electrons. The minimum Gasteiger partial charge on any atom is -0.442 e. The van der Waals surface area contributed by atoms with Crippen LogP contribution in [0.1, 0.15) is 27.2 Å². The predicted molar refractivity (Wildman–Crippen MR) is 145 cm³/mol. The molecule has 1 fully saturated rings. The van der Waals surface area contributed by atoms with E-state index in [2.05, 4.69) is 15.6 Å². The zero-order valence-corrected chi connectivity index (χ0v) is 22.0. The number of pyridine rings is 1. The SMILES string of the molecule is Cc1cc(N2C[C@H](CNC(=O)c3ccc(Cl)s3)OC2=O)ccc1-c1cc[nH]c(=O)c1CCCNCCO. The molecule has 0 saturated carbocycles. The van der Waals surface area contributed by atoms with Crippen molar-refractivity contribution in [2.24, 2.45) is 0 Å². The molecule has 4 rings (SSSR count). The Morgan fingerprint density at radius 1 is 1.22 bits per heavy atom. The van der Waals surface area contributed by atoms with Crippen molar-refractivity contribution >= 4 is 40.6 Å². The van der Waals surface area contributed by atoms with Gasteiger partial charge in [-0.1, -0.05) is 17.7 Å². The van der Waals surface area contributed by atoms with Crippen LogP contribution >= 0.6 is 22.9 Å². The van der Waals surface area contributed by atoms with E-state index >= 15 is 0 Å². The monoisotopic (exact) mass is 544 g/mol. The number of cyclic esters (lactones) is 1. The number of nitrogens with zero attached hydrogens (tertiary/aromatic N) is 1. The normalized spacial score (nSPS) is 15.2. The van der Waals surface area contributed by atoms with Crippen LogP contribution in [-0.2, 0) is 11.2 Å². The highest BCUT2D eigenvalue weighted by molar-refractivity contribution is 7.18. The Morgan fingerprint density at radius 3 is 2.78 bits per heavy atom. The van der Waals surface area contributed by atoms with Crippen LogP contribution in [0.2, 0.25) is 4.34 Å². The number of aromatic amines is 1. The summed E-state index contributed by atoms with van der Waals surface area (Å²) in [6.45, 7) is 3.74. The molecule has 1 aliphatic heterocycles. The molecule has 0 unspecified atom stereocenters. The van der Waals surface area contributed by atoms with E-state index in [0.717, 1.165) is 23.1 Å². The fraction of sp³-hybridized carbons (Fsp3) is 0.346. The topological polar surface area (TPSA) is 124 Å². The van der Waals surface area contributed by atoms with Crippen molar-refractivity contribution < 1.29 is 19.4 Å². The van der Waals surface area contributed by atoms with Gasteiger partial charge < -0.3 is 25.5 Å². The lowest BCUT2D eigenvalue weighted by molar-refractivity contribution is 0.0920. The van der Waals surface area contributed by atoms with Crippen LogP contribution in [0.5, 0.6) is 0 Å². The maximum absolute atomic E-state index is 12.6. The van der Waals surface area contributed by atoms with Crippen molar-refractivity contribution in [3.8, 4) is 11.1 Å². The van der Waals surface area contributed by atoms with E-state index in [1.54, 1.807) is 23.2 Å². The molecule has 0 spiro atoms. The van der Waals surface area contributed by atoms with E-state index in [-0.39, 0.29) is 24.6 Å². The molecule has 3 aromatic rings. The quantitative estimate of drug-likeness (QED) is 0.275. The Morgan fingerprint density at radius 2 is 2.05 bits per heavy atom. The largest absolute Gasteiger partial charge is 0.442 e. The number of nitrogens with one attached hydrogen (secondary N) is 3. The van der Waals surface area contributed by atoms with Gasteiger partial charge in [-0.25, -0.2) is 4.79 Å².